The van der Waals surface area contributed by atoms with Gasteiger partial charge in [0.05, 0.1) is 11.8 Å². The van der Waals surface area contributed by atoms with E-state index < -0.39 is 0 Å². The van der Waals surface area contributed by atoms with Crippen LogP contribution in [0.3, 0.4) is 0 Å². The Hall–Kier alpha value is -0.870. The van der Waals surface area contributed by atoms with E-state index in [0.717, 1.165) is 38.0 Å². The molecule has 4 heteroatoms. The van der Waals surface area contributed by atoms with Gasteiger partial charge in [0.25, 0.3) is 0 Å². The Bertz CT molecular complexity index is 344. The lowest BCUT2D eigenvalue weighted by molar-refractivity contribution is 0.0897. The number of nitrogens with two attached hydrogens (primary N) is 1. The number of rotatable bonds is 5. The third-order valence-electron chi connectivity index (χ3n) is 3.59. The molecule has 0 spiro atoms. The average molecular weight is 237 g/mol. The second-order valence-electron chi connectivity index (χ2n) is 4.96. The van der Waals surface area contributed by atoms with E-state index in [1.54, 1.807) is 0 Å². The van der Waals surface area contributed by atoms with Gasteiger partial charge in [0.15, 0.2) is 0 Å². The van der Waals surface area contributed by atoms with E-state index in [2.05, 4.69) is 25.0 Å². The first-order valence-electron chi connectivity index (χ1n) is 6.62. The van der Waals surface area contributed by atoms with Gasteiger partial charge in [-0.3, -0.25) is 4.68 Å². The van der Waals surface area contributed by atoms with Gasteiger partial charge in [0.1, 0.15) is 0 Å². The molecule has 0 radical (unpaired) electrons. The van der Waals surface area contributed by atoms with Crippen LogP contribution in [-0.4, -0.2) is 28.5 Å². The number of hydrogen-bond donors (Lipinski definition) is 1. The van der Waals surface area contributed by atoms with Crippen molar-refractivity contribution in [3.8, 4) is 0 Å². The molecular formula is C13H23N3O. The van der Waals surface area contributed by atoms with Crippen LogP contribution in [0.5, 0.6) is 0 Å². The van der Waals surface area contributed by atoms with Gasteiger partial charge in [0.2, 0.25) is 0 Å². The topological polar surface area (TPSA) is 53.1 Å². The zero-order chi connectivity index (χ0) is 12.3. The lowest BCUT2D eigenvalue weighted by atomic mass is 10.0. The van der Waals surface area contributed by atoms with Crippen LogP contribution in [0.1, 0.15) is 44.8 Å². The summed E-state index contributed by atoms with van der Waals surface area (Å²) in [6.45, 7) is 5.21. The molecule has 0 amide bonds. The van der Waals surface area contributed by atoms with Crippen molar-refractivity contribution in [3.63, 3.8) is 0 Å². The second-order valence-corrected chi connectivity index (χ2v) is 4.96. The van der Waals surface area contributed by atoms with Crippen molar-refractivity contribution < 1.29 is 4.74 Å². The molecule has 2 heterocycles. The number of ether oxygens (including phenoxy) is 1. The van der Waals surface area contributed by atoms with Crippen molar-refractivity contribution in [1.29, 1.82) is 0 Å². The summed E-state index contributed by atoms with van der Waals surface area (Å²) in [7, 11) is 0. The van der Waals surface area contributed by atoms with Crippen LogP contribution < -0.4 is 5.73 Å². The monoisotopic (exact) mass is 237 g/mol. The summed E-state index contributed by atoms with van der Waals surface area (Å²) in [6, 6.07) is 2.61. The first-order chi connectivity index (χ1) is 8.20. The molecule has 3 atom stereocenters. The highest BCUT2D eigenvalue weighted by Crippen LogP contribution is 2.17. The molecule has 0 aliphatic carbocycles. The Morgan fingerprint density at radius 2 is 2.47 bits per heavy atom. The highest BCUT2D eigenvalue weighted by Gasteiger charge is 2.23. The predicted molar refractivity (Wildman–Crippen MR) is 67.9 cm³/mol. The normalized spacial score (nSPS) is 23.8. The first-order valence-corrected chi connectivity index (χ1v) is 6.62. The summed E-state index contributed by atoms with van der Waals surface area (Å²) in [5, 5.41) is 4.57. The third kappa shape index (κ3) is 3.07. The zero-order valence-electron chi connectivity index (χ0n) is 10.8. The number of aromatic nitrogens is 2. The van der Waals surface area contributed by atoms with Gasteiger partial charge in [-0.1, -0.05) is 6.92 Å². The van der Waals surface area contributed by atoms with Gasteiger partial charge < -0.3 is 10.5 Å². The summed E-state index contributed by atoms with van der Waals surface area (Å²) in [4.78, 5) is 0. The quantitative estimate of drug-likeness (QED) is 0.851. The molecule has 4 nitrogen and oxygen atoms in total. The molecule has 3 unspecified atom stereocenters. The molecule has 1 aromatic heterocycles. The van der Waals surface area contributed by atoms with Crippen LogP contribution >= 0.6 is 0 Å². The summed E-state index contributed by atoms with van der Waals surface area (Å²) < 4.78 is 7.63. The minimum absolute atomic E-state index is 0.0813. The lowest BCUT2D eigenvalue weighted by Crippen LogP contribution is -2.36. The van der Waals surface area contributed by atoms with Gasteiger partial charge in [-0.05, 0) is 32.3 Å². The molecule has 1 saturated heterocycles. The van der Waals surface area contributed by atoms with E-state index >= 15 is 0 Å². The fourth-order valence-electron chi connectivity index (χ4n) is 2.23. The van der Waals surface area contributed by atoms with Crippen LogP contribution in [0.4, 0.5) is 0 Å². The SMILES string of the molecule is CCC(C)n1ccc(CC(N)C2CCCO2)n1. The Labute approximate surface area is 103 Å². The van der Waals surface area contributed by atoms with Crippen molar-refractivity contribution in [3.05, 3.63) is 18.0 Å². The Morgan fingerprint density at radius 1 is 1.65 bits per heavy atom. The van der Waals surface area contributed by atoms with E-state index in [1.807, 2.05) is 10.9 Å². The lowest BCUT2D eigenvalue weighted by Gasteiger charge is -2.17. The molecule has 0 aromatic carbocycles. The Balaban J connectivity index is 1.91. The first kappa shape index (κ1) is 12.6. The molecule has 1 aromatic rings. The molecule has 96 valence electrons. The van der Waals surface area contributed by atoms with Crippen LogP contribution in [-0.2, 0) is 11.2 Å². The molecule has 2 N–H and O–H groups in total. The van der Waals surface area contributed by atoms with Gasteiger partial charge in [-0.25, -0.2) is 0 Å². The summed E-state index contributed by atoms with van der Waals surface area (Å²) >= 11 is 0. The van der Waals surface area contributed by atoms with Crippen molar-refractivity contribution in [2.45, 2.75) is 57.7 Å². The fraction of sp³-hybridized carbons (Fsp3) is 0.769. The molecule has 1 aliphatic heterocycles. The number of hydrogen-bond acceptors (Lipinski definition) is 3. The number of nitrogens with zero attached hydrogens (tertiary/aromatic N) is 2. The molecule has 0 saturated carbocycles. The van der Waals surface area contributed by atoms with Crippen LogP contribution in [0.2, 0.25) is 0 Å². The standard InChI is InChI=1S/C13H23N3O/c1-3-10(2)16-7-6-11(15-16)9-12(14)13-5-4-8-17-13/h6-7,10,12-13H,3-5,8-9,14H2,1-2H3. The minimum atomic E-state index is 0.0813. The summed E-state index contributed by atoms with van der Waals surface area (Å²) in [5.74, 6) is 0. The summed E-state index contributed by atoms with van der Waals surface area (Å²) in [6.07, 6.45) is 6.41. The zero-order valence-corrected chi connectivity index (χ0v) is 10.8. The van der Waals surface area contributed by atoms with E-state index in [4.69, 9.17) is 10.5 Å². The van der Waals surface area contributed by atoms with Crippen molar-refractivity contribution >= 4 is 0 Å². The maximum Gasteiger partial charge on any atom is 0.0730 e. The highest BCUT2D eigenvalue weighted by atomic mass is 16.5. The Morgan fingerprint density at radius 3 is 3.12 bits per heavy atom. The van der Waals surface area contributed by atoms with Gasteiger partial charge >= 0.3 is 0 Å². The van der Waals surface area contributed by atoms with E-state index in [9.17, 15) is 0 Å². The summed E-state index contributed by atoms with van der Waals surface area (Å²) in [5.41, 5.74) is 7.23. The molecular weight excluding hydrogens is 214 g/mol. The van der Waals surface area contributed by atoms with Crippen LogP contribution in [0.25, 0.3) is 0 Å². The third-order valence-corrected chi connectivity index (χ3v) is 3.59. The average Bonchev–Trinajstić information content (AvgIpc) is 2.98. The molecule has 17 heavy (non-hydrogen) atoms. The van der Waals surface area contributed by atoms with Gasteiger partial charge in [-0.15, -0.1) is 0 Å². The van der Waals surface area contributed by atoms with E-state index in [1.165, 1.54) is 0 Å². The van der Waals surface area contributed by atoms with Crippen molar-refractivity contribution in [1.82, 2.24) is 9.78 Å². The molecule has 1 fully saturated rings. The van der Waals surface area contributed by atoms with Crippen molar-refractivity contribution in [2.75, 3.05) is 6.61 Å². The second kappa shape index (κ2) is 5.65. The predicted octanol–water partition coefficient (Wildman–Crippen LogP) is 1.90. The van der Waals surface area contributed by atoms with Crippen LogP contribution in [0.15, 0.2) is 12.3 Å². The largest absolute Gasteiger partial charge is 0.377 e. The van der Waals surface area contributed by atoms with Crippen molar-refractivity contribution in [2.24, 2.45) is 5.73 Å². The van der Waals surface area contributed by atoms with E-state index in [0.29, 0.717) is 6.04 Å². The smallest absolute Gasteiger partial charge is 0.0730 e. The maximum absolute atomic E-state index is 6.15. The minimum Gasteiger partial charge on any atom is -0.377 e. The van der Waals surface area contributed by atoms with E-state index in [-0.39, 0.29) is 12.1 Å². The molecule has 2 rings (SSSR count). The maximum atomic E-state index is 6.15. The highest BCUT2D eigenvalue weighted by molar-refractivity contribution is 5.03. The van der Waals surface area contributed by atoms with Crippen LogP contribution in [0, 0.1) is 0 Å². The van der Waals surface area contributed by atoms with Gasteiger partial charge in [-0.2, -0.15) is 5.10 Å². The fourth-order valence-corrected chi connectivity index (χ4v) is 2.23. The molecule has 1 aliphatic rings. The Kier molecular flexibility index (Phi) is 4.18. The molecule has 0 bridgehead atoms. The van der Waals surface area contributed by atoms with Gasteiger partial charge in [0, 0.05) is 31.3 Å².